The SMILES string of the molecule is CC(N)C(=O)NCCCCCCO. The first-order valence-electron chi connectivity index (χ1n) is 4.82. The van der Waals surface area contributed by atoms with Crippen LogP contribution in [0.4, 0.5) is 0 Å². The molecule has 4 N–H and O–H groups in total. The van der Waals surface area contributed by atoms with Gasteiger partial charge in [-0.25, -0.2) is 0 Å². The summed E-state index contributed by atoms with van der Waals surface area (Å²) in [4.78, 5) is 11.0. The second-order valence-corrected chi connectivity index (χ2v) is 3.22. The first-order chi connectivity index (χ1) is 6.18. The third-order valence-corrected chi connectivity index (χ3v) is 1.80. The molecule has 0 saturated carbocycles. The molecule has 0 aromatic rings. The van der Waals surface area contributed by atoms with E-state index in [-0.39, 0.29) is 12.5 Å². The van der Waals surface area contributed by atoms with Gasteiger partial charge in [0.15, 0.2) is 0 Å². The van der Waals surface area contributed by atoms with E-state index < -0.39 is 6.04 Å². The minimum Gasteiger partial charge on any atom is -0.396 e. The molecule has 0 aliphatic carbocycles. The Morgan fingerprint density at radius 3 is 2.54 bits per heavy atom. The van der Waals surface area contributed by atoms with Gasteiger partial charge in [0.25, 0.3) is 0 Å². The van der Waals surface area contributed by atoms with Crippen LogP contribution in [0.25, 0.3) is 0 Å². The molecule has 0 bridgehead atoms. The van der Waals surface area contributed by atoms with Crippen LogP contribution < -0.4 is 11.1 Å². The molecule has 0 aliphatic rings. The molecule has 4 nitrogen and oxygen atoms in total. The number of nitrogens with one attached hydrogen (secondary N) is 1. The molecule has 0 rings (SSSR count). The number of aliphatic hydroxyl groups is 1. The fourth-order valence-corrected chi connectivity index (χ4v) is 0.963. The van der Waals surface area contributed by atoms with Crippen LogP contribution in [0.15, 0.2) is 0 Å². The average molecular weight is 188 g/mol. The van der Waals surface area contributed by atoms with Crippen molar-refractivity contribution in [1.82, 2.24) is 5.32 Å². The lowest BCUT2D eigenvalue weighted by Gasteiger charge is -2.06. The summed E-state index contributed by atoms with van der Waals surface area (Å²) in [5.74, 6) is -0.0952. The highest BCUT2D eigenvalue weighted by Crippen LogP contribution is 1.97. The summed E-state index contributed by atoms with van der Waals surface area (Å²) in [6, 6.07) is -0.419. The van der Waals surface area contributed by atoms with Crippen molar-refractivity contribution >= 4 is 5.91 Å². The van der Waals surface area contributed by atoms with E-state index in [2.05, 4.69) is 5.32 Å². The van der Waals surface area contributed by atoms with Crippen LogP contribution in [0.2, 0.25) is 0 Å². The van der Waals surface area contributed by atoms with Crippen LogP contribution >= 0.6 is 0 Å². The minimum atomic E-state index is -0.419. The molecule has 78 valence electrons. The Morgan fingerprint density at radius 2 is 2.00 bits per heavy atom. The van der Waals surface area contributed by atoms with Crippen molar-refractivity contribution in [3.05, 3.63) is 0 Å². The number of unbranched alkanes of at least 4 members (excludes halogenated alkanes) is 3. The third-order valence-electron chi connectivity index (χ3n) is 1.80. The fraction of sp³-hybridized carbons (Fsp3) is 0.889. The van der Waals surface area contributed by atoms with E-state index in [9.17, 15) is 4.79 Å². The number of amides is 1. The maximum Gasteiger partial charge on any atom is 0.236 e. The highest BCUT2D eigenvalue weighted by Gasteiger charge is 2.04. The van der Waals surface area contributed by atoms with Gasteiger partial charge >= 0.3 is 0 Å². The summed E-state index contributed by atoms with van der Waals surface area (Å²) >= 11 is 0. The lowest BCUT2D eigenvalue weighted by Crippen LogP contribution is -2.38. The Hall–Kier alpha value is -0.610. The lowest BCUT2D eigenvalue weighted by molar-refractivity contribution is -0.121. The van der Waals surface area contributed by atoms with Gasteiger partial charge in [0.05, 0.1) is 6.04 Å². The van der Waals surface area contributed by atoms with Gasteiger partial charge in [-0.3, -0.25) is 4.79 Å². The molecule has 0 radical (unpaired) electrons. The number of rotatable bonds is 7. The zero-order valence-electron chi connectivity index (χ0n) is 8.25. The summed E-state index contributed by atoms with van der Waals surface area (Å²) in [7, 11) is 0. The van der Waals surface area contributed by atoms with Crippen LogP contribution in [-0.2, 0) is 4.79 Å². The van der Waals surface area contributed by atoms with E-state index in [1.54, 1.807) is 6.92 Å². The fourth-order valence-electron chi connectivity index (χ4n) is 0.963. The van der Waals surface area contributed by atoms with Crippen molar-refractivity contribution in [1.29, 1.82) is 0 Å². The van der Waals surface area contributed by atoms with Gasteiger partial charge in [0, 0.05) is 13.2 Å². The number of carbonyl (C=O) groups is 1. The largest absolute Gasteiger partial charge is 0.396 e. The first-order valence-corrected chi connectivity index (χ1v) is 4.82. The number of carbonyl (C=O) groups excluding carboxylic acids is 1. The topological polar surface area (TPSA) is 75.4 Å². The van der Waals surface area contributed by atoms with E-state index in [4.69, 9.17) is 10.8 Å². The molecule has 13 heavy (non-hydrogen) atoms. The minimum absolute atomic E-state index is 0.0952. The molecule has 4 heteroatoms. The number of hydrogen-bond acceptors (Lipinski definition) is 3. The van der Waals surface area contributed by atoms with E-state index in [1.165, 1.54) is 0 Å². The van der Waals surface area contributed by atoms with Gasteiger partial charge in [0.2, 0.25) is 5.91 Å². The average Bonchev–Trinajstić information content (AvgIpc) is 2.10. The summed E-state index contributed by atoms with van der Waals surface area (Å²) in [6.07, 6.45) is 3.87. The summed E-state index contributed by atoms with van der Waals surface area (Å²) in [5.41, 5.74) is 5.35. The van der Waals surface area contributed by atoms with Crippen LogP contribution in [0, 0.1) is 0 Å². The van der Waals surface area contributed by atoms with Crippen LogP contribution in [-0.4, -0.2) is 30.2 Å². The van der Waals surface area contributed by atoms with Crippen molar-refractivity contribution in [2.45, 2.75) is 38.6 Å². The molecular formula is C9H20N2O2. The second-order valence-electron chi connectivity index (χ2n) is 3.22. The highest BCUT2D eigenvalue weighted by atomic mass is 16.2. The molecular weight excluding hydrogens is 168 g/mol. The van der Waals surface area contributed by atoms with Gasteiger partial charge in [-0.15, -0.1) is 0 Å². The Bertz CT molecular complexity index is 138. The summed E-state index contributed by atoms with van der Waals surface area (Å²) in [5, 5.41) is 11.2. The molecule has 0 spiro atoms. The number of nitrogens with two attached hydrogens (primary N) is 1. The Morgan fingerprint density at radius 1 is 1.38 bits per heavy atom. The number of hydrogen-bond donors (Lipinski definition) is 3. The standard InChI is InChI=1S/C9H20N2O2/c1-8(10)9(13)11-6-4-2-3-5-7-12/h8,12H,2-7,10H2,1H3,(H,11,13). The maximum absolute atomic E-state index is 11.0. The zero-order valence-corrected chi connectivity index (χ0v) is 8.25. The number of aliphatic hydroxyl groups excluding tert-OH is 1. The predicted molar refractivity (Wildman–Crippen MR) is 52.2 cm³/mol. The Kier molecular flexibility index (Phi) is 7.63. The van der Waals surface area contributed by atoms with Crippen LogP contribution in [0.5, 0.6) is 0 Å². The van der Waals surface area contributed by atoms with Gasteiger partial charge in [-0.05, 0) is 19.8 Å². The first kappa shape index (κ1) is 12.4. The van der Waals surface area contributed by atoms with E-state index in [0.29, 0.717) is 6.54 Å². The van der Waals surface area contributed by atoms with E-state index in [1.807, 2.05) is 0 Å². The quantitative estimate of drug-likeness (QED) is 0.492. The molecule has 1 unspecified atom stereocenters. The second kappa shape index (κ2) is 8.01. The Balaban J connectivity index is 3.12. The molecule has 0 aliphatic heterocycles. The van der Waals surface area contributed by atoms with Crippen molar-refractivity contribution in [3.63, 3.8) is 0 Å². The van der Waals surface area contributed by atoms with Crippen molar-refractivity contribution in [3.8, 4) is 0 Å². The third kappa shape index (κ3) is 7.74. The summed E-state index contributed by atoms with van der Waals surface area (Å²) in [6.45, 7) is 2.61. The van der Waals surface area contributed by atoms with Crippen LogP contribution in [0.3, 0.4) is 0 Å². The van der Waals surface area contributed by atoms with E-state index in [0.717, 1.165) is 25.7 Å². The smallest absolute Gasteiger partial charge is 0.236 e. The molecule has 0 aromatic heterocycles. The molecule has 0 heterocycles. The maximum atomic E-state index is 11.0. The van der Waals surface area contributed by atoms with Crippen molar-refractivity contribution in [2.75, 3.05) is 13.2 Å². The molecule has 0 aromatic carbocycles. The normalized spacial score (nSPS) is 12.5. The molecule has 1 atom stereocenters. The monoisotopic (exact) mass is 188 g/mol. The lowest BCUT2D eigenvalue weighted by atomic mass is 10.2. The van der Waals surface area contributed by atoms with Gasteiger partial charge in [-0.2, -0.15) is 0 Å². The highest BCUT2D eigenvalue weighted by molar-refractivity contribution is 5.80. The molecule has 1 amide bonds. The molecule has 0 fully saturated rings. The van der Waals surface area contributed by atoms with Crippen molar-refractivity contribution < 1.29 is 9.90 Å². The molecule has 0 saturated heterocycles. The van der Waals surface area contributed by atoms with Crippen LogP contribution in [0.1, 0.15) is 32.6 Å². The van der Waals surface area contributed by atoms with Crippen molar-refractivity contribution in [2.24, 2.45) is 5.73 Å². The zero-order chi connectivity index (χ0) is 10.1. The predicted octanol–water partition coefficient (Wildman–Crippen LogP) is 0.00250. The van der Waals surface area contributed by atoms with Gasteiger partial charge in [-0.1, -0.05) is 12.8 Å². The Labute approximate surface area is 79.5 Å². The van der Waals surface area contributed by atoms with Gasteiger partial charge in [0.1, 0.15) is 0 Å². The summed E-state index contributed by atoms with van der Waals surface area (Å²) < 4.78 is 0. The van der Waals surface area contributed by atoms with Gasteiger partial charge < -0.3 is 16.2 Å². The van der Waals surface area contributed by atoms with E-state index >= 15 is 0 Å².